The van der Waals surface area contributed by atoms with Crippen LogP contribution >= 0.6 is 0 Å². The Morgan fingerprint density at radius 2 is 1.57 bits per heavy atom. The van der Waals surface area contributed by atoms with Crippen molar-refractivity contribution in [3.05, 3.63) is 78.4 Å². The smallest absolute Gasteiger partial charge is 0.261 e. The Morgan fingerprint density at radius 3 is 2.18 bits per heavy atom. The fraction of sp³-hybridized carbons (Fsp3) is 0.0500. The van der Waals surface area contributed by atoms with Crippen LogP contribution in [-0.4, -0.2) is 21.4 Å². The molecule has 0 atom stereocenters. The Kier molecular flexibility index (Phi) is 5.51. The van der Waals surface area contributed by atoms with Crippen LogP contribution in [0.1, 0.15) is 10.4 Å². The molecular weight excluding hydrogens is 378 g/mol. The van der Waals surface area contributed by atoms with Crippen molar-refractivity contribution in [1.82, 2.24) is 0 Å². The van der Waals surface area contributed by atoms with Gasteiger partial charge in [-0.3, -0.25) is 9.52 Å². The number of ether oxygens (including phenoxy) is 1. The van der Waals surface area contributed by atoms with Crippen LogP contribution in [0.4, 0.5) is 17.1 Å². The lowest BCUT2D eigenvalue weighted by molar-refractivity contribution is 0.102. The number of hydrogen-bond donors (Lipinski definition) is 3. The van der Waals surface area contributed by atoms with Crippen molar-refractivity contribution in [3.8, 4) is 5.75 Å². The number of sulfonamides is 1. The third kappa shape index (κ3) is 4.41. The molecule has 0 saturated heterocycles. The van der Waals surface area contributed by atoms with Gasteiger partial charge in [-0.25, -0.2) is 8.42 Å². The summed E-state index contributed by atoms with van der Waals surface area (Å²) in [4.78, 5) is 12.6. The van der Waals surface area contributed by atoms with Gasteiger partial charge in [0, 0.05) is 11.4 Å². The van der Waals surface area contributed by atoms with Crippen LogP contribution < -0.4 is 20.5 Å². The number of hydrogen-bond acceptors (Lipinski definition) is 5. The van der Waals surface area contributed by atoms with Crippen molar-refractivity contribution in [2.75, 3.05) is 22.9 Å². The first-order valence-electron chi connectivity index (χ1n) is 8.32. The molecule has 8 heteroatoms. The first-order chi connectivity index (χ1) is 13.4. The molecule has 0 saturated carbocycles. The zero-order chi connectivity index (χ0) is 20.1. The minimum atomic E-state index is -3.74. The lowest BCUT2D eigenvalue weighted by atomic mass is 10.1. The summed E-state index contributed by atoms with van der Waals surface area (Å²) in [5.74, 6) is 0.271. The maximum Gasteiger partial charge on any atom is 0.261 e. The van der Waals surface area contributed by atoms with Crippen molar-refractivity contribution in [3.63, 3.8) is 0 Å². The summed E-state index contributed by atoms with van der Waals surface area (Å²) >= 11 is 0. The van der Waals surface area contributed by atoms with Crippen molar-refractivity contribution >= 4 is 33.0 Å². The van der Waals surface area contributed by atoms with Crippen LogP contribution in [-0.2, 0) is 10.0 Å². The second-order valence-corrected chi connectivity index (χ2v) is 7.59. The number of carbonyl (C=O) groups is 1. The summed E-state index contributed by atoms with van der Waals surface area (Å²) in [5, 5.41) is 2.73. The van der Waals surface area contributed by atoms with Gasteiger partial charge >= 0.3 is 0 Å². The predicted molar refractivity (Wildman–Crippen MR) is 109 cm³/mol. The second-order valence-electron chi connectivity index (χ2n) is 5.90. The van der Waals surface area contributed by atoms with Gasteiger partial charge in [0.15, 0.2) is 0 Å². The molecule has 0 aliphatic carbocycles. The lowest BCUT2D eigenvalue weighted by Crippen LogP contribution is -2.16. The van der Waals surface area contributed by atoms with Crippen LogP contribution in [0.15, 0.2) is 77.7 Å². The number of nitrogen functional groups attached to an aromatic ring is 1. The molecule has 0 radical (unpaired) electrons. The third-order valence-electron chi connectivity index (χ3n) is 3.95. The second kappa shape index (κ2) is 8.01. The van der Waals surface area contributed by atoms with E-state index in [1.54, 1.807) is 49.6 Å². The largest absolute Gasteiger partial charge is 0.497 e. The van der Waals surface area contributed by atoms with E-state index >= 15 is 0 Å². The number of benzene rings is 3. The minimum absolute atomic E-state index is 0.134. The maximum atomic E-state index is 12.4. The van der Waals surface area contributed by atoms with E-state index in [9.17, 15) is 13.2 Å². The first-order valence-corrected chi connectivity index (χ1v) is 9.80. The Morgan fingerprint density at radius 1 is 0.929 bits per heavy atom. The van der Waals surface area contributed by atoms with Gasteiger partial charge in [-0.05, 0) is 54.6 Å². The molecule has 0 spiro atoms. The lowest BCUT2D eigenvalue weighted by Gasteiger charge is -2.12. The Labute approximate surface area is 163 Å². The monoisotopic (exact) mass is 397 g/mol. The van der Waals surface area contributed by atoms with E-state index in [4.69, 9.17) is 10.5 Å². The molecular formula is C20H19N3O4S. The van der Waals surface area contributed by atoms with Gasteiger partial charge < -0.3 is 15.8 Å². The fourth-order valence-corrected chi connectivity index (χ4v) is 3.59. The van der Waals surface area contributed by atoms with Gasteiger partial charge in [0.1, 0.15) is 5.75 Å². The molecule has 0 aliphatic rings. The minimum Gasteiger partial charge on any atom is -0.497 e. The van der Waals surface area contributed by atoms with Crippen LogP contribution in [0.5, 0.6) is 5.75 Å². The third-order valence-corrected chi connectivity index (χ3v) is 5.35. The number of carbonyl (C=O) groups excluding carboxylic acids is 1. The van der Waals surface area contributed by atoms with Crippen LogP contribution in [0.25, 0.3) is 0 Å². The molecule has 3 rings (SSSR count). The van der Waals surface area contributed by atoms with Crippen LogP contribution in [0, 0.1) is 0 Å². The number of nitrogens with two attached hydrogens (primary N) is 1. The normalized spacial score (nSPS) is 10.9. The van der Waals surface area contributed by atoms with Gasteiger partial charge in [0.2, 0.25) is 0 Å². The molecule has 0 fully saturated rings. The van der Waals surface area contributed by atoms with Crippen LogP contribution in [0.3, 0.4) is 0 Å². The summed E-state index contributed by atoms with van der Waals surface area (Å²) in [6, 6.07) is 19.2. The summed E-state index contributed by atoms with van der Waals surface area (Å²) in [7, 11) is -2.18. The highest BCUT2D eigenvalue weighted by Gasteiger charge is 2.16. The molecule has 3 aromatic rings. The molecule has 0 heterocycles. The molecule has 0 aromatic heterocycles. The van der Waals surface area contributed by atoms with E-state index in [1.165, 1.54) is 30.3 Å². The molecule has 1 amide bonds. The number of nitrogens with one attached hydrogen (secondary N) is 2. The quantitative estimate of drug-likeness (QED) is 0.553. The van der Waals surface area contributed by atoms with E-state index in [1.807, 2.05) is 0 Å². The first kappa shape index (κ1) is 19.2. The van der Waals surface area contributed by atoms with Crippen molar-refractivity contribution < 1.29 is 17.9 Å². The van der Waals surface area contributed by atoms with Gasteiger partial charge in [-0.2, -0.15) is 0 Å². The summed E-state index contributed by atoms with van der Waals surface area (Å²) in [6.45, 7) is 0. The zero-order valence-electron chi connectivity index (χ0n) is 15.0. The molecule has 0 aliphatic heterocycles. The average Bonchev–Trinajstić information content (AvgIpc) is 2.69. The SMILES string of the molecule is COc1ccc(NC(=O)c2ccc(NS(=O)(=O)c3ccccc3)cc2N)cc1. The fourth-order valence-electron chi connectivity index (χ4n) is 2.52. The molecule has 0 bridgehead atoms. The molecule has 28 heavy (non-hydrogen) atoms. The predicted octanol–water partition coefficient (Wildman–Crippen LogP) is 3.33. The van der Waals surface area contributed by atoms with Crippen molar-refractivity contribution in [2.45, 2.75) is 4.90 Å². The molecule has 7 nitrogen and oxygen atoms in total. The zero-order valence-corrected chi connectivity index (χ0v) is 15.9. The average molecular weight is 397 g/mol. The van der Waals surface area contributed by atoms with Crippen molar-refractivity contribution in [1.29, 1.82) is 0 Å². The Bertz CT molecular complexity index is 1080. The topological polar surface area (TPSA) is 111 Å². The highest BCUT2D eigenvalue weighted by Crippen LogP contribution is 2.23. The number of methoxy groups -OCH3 is 1. The summed E-state index contributed by atoms with van der Waals surface area (Å²) in [6.07, 6.45) is 0. The van der Waals surface area contributed by atoms with E-state index in [0.717, 1.165) is 0 Å². The molecule has 144 valence electrons. The van der Waals surface area contributed by atoms with E-state index < -0.39 is 15.9 Å². The standard InChI is InChI=1S/C20H19N3O4S/c1-27-16-10-7-14(8-11-16)22-20(24)18-12-9-15(13-19(18)21)23-28(25,26)17-5-3-2-4-6-17/h2-13,23H,21H2,1H3,(H,22,24). The van der Waals surface area contributed by atoms with Gasteiger partial charge in [-0.15, -0.1) is 0 Å². The van der Waals surface area contributed by atoms with Gasteiger partial charge in [-0.1, -0.05) is 18.2 Å². The van der Waals surface area contributed by atoms with Gasteiger partial charge in [0.25, 0.3) is 15.9 Å². The van der Waals surface area contributed by atoms with Crippen molar-refractivity contribution in [2.24, 2.45) is 0 Å². The molecule has 4 N–H and O–H groups in total. The Hall–Kier alpha value is -3.52. The van der Waals surface area contributed by atoms with E-state index in [0.29, 0.717) is 11.4 Å². The number of anilines is 3. The van der Waals surface area contributed by atoms with Gasteiger partial charge in [0.05, 0.1) is 23.3 Å². The van der Waals surface area contributed by atoms with E-state index in [2.05, 4.69) is 10.0 Å². The van der Waals surface area contributed by atoms with Crippen LogP contribution in [0.2, 0.25) is 0 Å². The highest BCUT2D eigenvalue weighted by molar-refractivity contribution is 7.92. The maximum absolute atomic E-state index is 12.4. The molecule has 0 unspecified atom stereocenters. The highest BCUT2D eigenvalue weighted by atomic mass is 32.2. The molecule has 3 aromatic carbocycles. The van der Waals surface area contributed by atoms with E-state index in [-0.39, 0.29) is 21.8 Å². The Balaban J connectivity index is 1.75. The number of rotatable bonds is 6. The summed E-state index contributed by atoms with van der Waals surface area (Å²) in [5.41, 5.74) is 7.20. The summed E-state index contributed by atoms with van der Waals surface area (Å²) < 4.78 is 32.3. The number of amides is 1.